The van der Waals surface area contributed by atoms with Gasteiger partial charge in [-0.1, -0.05) is 43.3 Å². The number of nitrogens with one attached hydrogen (secondary N) is 3. The lowest BCUT2D eigenvalue weighted by Crippen LogP contribution is -2.26. The molecular formula is C27H30N4O3. The lowest BCUT2D eigenvalue weighted by atomic mass is 10.1. The molecule has 0 aliphatic rings. The Morgan fingerprint density at radius 3 is 2.06 bits per heavy atom. The van der Waals surface area contributed by atoms with Crippen molar-refractivity contribution in [3.63, 3.8) is 0 Å². The molecule has 0 spiro atoms. The van der Waals surface area contributed by atoms with Gasteiger partial charge in [-0.2, -0.15) is 0 Å². The zero-order valence-electron chi connectivity index (χ0n) is 19.5. The summed E-state index contributed by atoms with van der Waals surface area (Å²) in [5.41, 5.74) is 3.60. The number of amides is 3. The number of hydrogen-bond acceptors (Lipinski definition) is 4. The summed E-state index contributed by atoms with van der Waals surface area (Å²) in [6.07, 6.45) is 1.26. The summed E-state index contributed by atoms with van der Waals surface area (Å²) in [5, 5.41) is 8.68. The average molecular weight is 459 g/mol. The molecule has 34 heavy (non-hydrogen) atoms. The monoisotopic (exact) mass is 458 g/mol. The standard InChI is InChI=1S/C27H30N4O3/c1-3-8-25(32)29-22-13-15-23(16-14-22)30-26(33)18-28-24-12-7-11-21(17-24)27(34)31(2)19-20-9-5-4-6-10-20/h4-7,9-17,28H,3,8,18-19H2,1-2H3,(H,29,32)(H,30,33). The third-order valence-electron chi connectivity index (χ3n) is 5.10. The fourth-order valence-electron chi connectivity index (χ4n) is 3.39. The molecule has 3 amide bonds. The Balaban J connectivity index is 1.50. The molecule has 3 aromatic carbocycles. The third kappa shape index (κ3) is 7.48. The maximum Gasteiger partial charge on any atom is 0.253 e. The Bertz CT molecular complexity index is 1110. The van der Waals surface area contributed by atoms with Gasteiger partial charge in [-0.15, -0.1) is 0 Å². The summed E-state index contributed by atoms with van der Waals surface area (Å²) in [5.74, 6) is -0.348. The molecule has 3 aromatic rings. The van der Waals surface area contributed by atoms with Crippen molar-refractivity contribution in [2.75, 3.05) is 29.5 Å². The molecule has 3 N–H and O–H groups in total. The van der Waals surface area contributed by atoms with Crippen LogP contribution in [0.3, 0.4) is 0 Å². The smallest absolute Gasteiger partial charge is 0.253 e. The first kappa shape index (κ1) is 24.5. The van der Waals surface area contributed by atoms with E-state index in [1.54, 1.807) is 54.4 Å². The third-order valence-corrected chi connectivity index (χ3v) is 5.10. The molecule has 0 bridgehead atoms. The molecule has 7 heteroatoms. The molecule has 3 rings (SSSR count). The predicted molar refractivity (Wildman–Crippen MR) is 136 cm³/mol. The van der Waals surface area contributed by atoms with Gasteiger partial charge in [0.1, 0.15) is 0 Å². The average Bonchev–Trinajstić information content (AvgIpc) is 2.84. The lowest BCUT2D eigenvalue weighted by Gasteiger charge is -2.18. The first-order valence-electron chi connectivity index (χ1n) is 11.3. The van der Waals surface area contributed by atoms with Crippen LogP contribution in [0.25, 0.3) is 0 Å². The molecule has 0 radical (unpaired) electrons. The van der Waals surface area contributed by atoms with Crippen molar-refractivity contribution in [3.05, 3.63) is 90.0 Å². The fourth-order valence-corrected chi connectivity index (χ4v) is 3.39. The van der Waals surface area contributed by atoms with Crippen molar-refractivity contribution in [3.8, 4) is 0 Å². The quantitative estimate of drug-likeness (QED) is 0.409. The summed E-state index contributed by atoms with van der Waals surface area (Å²) < 4.78 is 0. The van der Waals surface area contributed by atoms with Crippen LogP contribution in [0.5, 0.6) is 0 Å². The van der Waals surface area contributed by atoms with E-state index in [0.717, 1.165) is 12.0 Å². The van der Waals surface area contributed by atoms with E-state index in [0.29, 0.717) is 35.6 Å². The van der Waals surface area contributed by atoms with Crippen LogP contribution in [0, 0.1) is 0 Å². The Morgan fingerprint density at radius 1 is 0.765 bits per heavy atom. The zero-order valence-corrected chi connectivity index (χ0v) is 19.5. The molecule has 0 unspecified atom stereocenters. The van der Waals surface area contributed by atoms with Crippen LogP contribution >= 0.6 is 0 Å². The van der Waals surface area contributed by atoms with Gasteiger partial charge < -0.3 is 20.9 Å². The van der Waals surface area contributed by atoms with Crippen LogP contribution in [-0.2, 0) is 16.1 Å². The van der Waals surface area contributed by atoms with Crippen molar-refractivity contribution in [2.45, 2.75) is 26.3 Å². The van der Waals surface area contributed by atoms with Gasteiger partial charge in [0.15, 0.2) is 0 Å². The van der Waals surface area contributed by atoms with Crippen LogP contribution in [0.2, 0.25) is 0 Å². The molecule has 0 aliphatic carbocycles. The van der Waals surface area contributed by atoms with Gasteiger partial charge in [0, 0.05) is 42.6 Å². The number of carbonyl (C=O) groups excluding carboxylic acids is 3. The first-order chi connectivity index (χ1) is 16.4. The summed E-state index contributed by atoms with van der Waals surface area (Å²) in [7, 11) is 1.77. The SMILES string of the molecule is CCCC(=O)Nc1ccc(NC(=O)CNc2cccc(C(=O)N(C)Cc3ccccc3)c2)cc1. The molecule has 176 valence electrons. The summed E-state index contributed by atoms with van der Waals surface area (Å²) in [6.45, 7) is 2.51. The summed E-state index contributed by atoms with van der Waals surface area (Å²) in [6, 6.07) is 23.9. The van der Waals surface area contributed by atoms with Crippen molar-refractivity contribution < 1.29 is 14.4 Å². The maximum atomic E-state index is 12.8. The predicted octanol–water partition coefficient (Wildman–Crippen LogP) is 4.75. The van der Waals surface area contributed by atoms with Crippen LogP contribution in [0.15, 0.2) is 78.9 Å². The van der Waals surface area contributed by atoms with Crippen LogP contribution in [0.1, 0.15) is 35.7 Å². The normalized spacial score (nSPS) is 10.3. The number of hydrogen-bond donors (Lipinski definition) is 3. The van der Waals surface area contributed by atoms with E-state index >= 15 is 0 Å². The minimum Gasteiger partial charge on any atom is -0.376 e. The number of nitrogens with zero attached hydrogens (tertiary/aromatic N) is 1. The van der Waals surface area contributed by atoms with Crippen LogP contribution in [0.4, 0.5) is 17.1 Å². The second kappa shape index (κ2) is 12.2. The van der Waals surface area contributed by atoms with E-state index in [1.165, 1.54) is 0 Å². The minimum atomic E-state index is -0.222. The maximum absolute atomic E-state index is 12.8. The summed E-state index contributed by atoms with van der Waals surface area (Å²) >= 11 is 0. The molecule has 0 saturated heterocycles. The van der Waals surface area contributed by atoms with E-state index in [4.69, 9.17) is 0 Å². The molecule has 0 atom stereocenters. The number of benzene rings is 3. The van der Waals surface area contributed by atoms with Gasteiger partial charge in [0.05, 0.1) is 6.54 Å². The summed E-state index contributed by atoms with van der Waals surface area (Å²) in [4.78, 5) is 38.5. The molecule has 0 fully saturated rings. The van der Waals surface area contributed by atoms with Crippen LogP contribution < -0.4 is 16.0 Å². The number of anilines is 3. The highest BCUT2D eigenvalue weighted by molar-refractivity contribution is 5.96. The second-order valence-corrected chi connectivity index (χ2v) is 8.00. The lowest BCUT2D eigenvalue weighted by molar-refractivity contribution is -0.116. The molecule has 0 saturated carbocycles. The first-order valence-corrected chi connectivity index (χ1v) is 11.3. The fraction of sp³-hybridized carbons (Fsp3) is 0.222. The minimum absolute atomic E-state index is 0.0320. The van der Waals surface area contributed by atoms with E-state index in [1.807, 2.05) is 43.3 Å². The molecular weight excluding hydrogens is 428 g/mol. The van der Waals surface area contributed by atoms with E-state index in [9.17, 15) is 14.4 Å². The van der Waals surface area contributed by atoms with Crippen LogP contribution in [-0.4, -0.2) is 36.2 Å². The van der Waals surface area contributed by atoms with Crippen molar-refractivity contribution in [2.24, 2.45) is 0 Å². The highest BCUT2D eigenvalue weighted by Crippen LogP contribution is 2.16. The van der Waals surface area contributed by atoms with Crippen molar-refractivity contribution in [1.82, 2.24) is 4.90 Å². The van der Waals surface area contributed by atoms with Crippen molar-refractivity contribution >= 4 is 34.8 Å². The molecule has 0 aromatic heterocycles. The zero-order chi connectivity index (χ0) is 24.3. The van der Waals surface area contributed by atoms with Crippen molar-refractivity contribution in [1.29, 1.82) is 0 Å². The Labute approximate surface area is 200 Å². The molecule has 0 heterocycles. The molecule has 0 aliphatic heterocycles. The van der Waals surface area contributed by atoms with Gasteiger partial charge in [-0.05, 0) is 54.4 Å². The van der Waals surface area contributed by atoms with Gasteiger partial charge in [0.2, 0.25) is 11.8 Å². The van der Waals surface area contributed by atoms with E-state index in [-0.39, 0.29) is 24.3 Å². The topological polar surface area (TPSA) is 90.5 Å². The number of carbonyl (C=O) groups is 3. The van der Waals surface area contributed by atoms with E-state index < -0.39 is 0 Å². The van der Waals surface area contributed by atoms with Gasteiger partial charge >= 0.3 is 0 Å². The Hall–Kier alpha value is -4.13. The second-order valence-electron chi connectivity index (χ2n) is 8.00. The van der Waals surface area contributed by atoms with Gasteiger partial charge in [-0.25, -0.2) is 0 Å². The Morgan fingerprint density at radius 2 is 1.41 bits per heavy atom. The van der Waals surface area contributed by atoms with Gasteiger partial charge in [0.25, 0.3) is 5.91 Å². The highest BCUT2D eigenvalue weighted by Gasteiger charge is 2.13. The molecule has 7 nitrogen and oxygen atoms in total. The van der Waals surface area contributed by atoms with E-state index in [2.05, 4.69) is 16.0 Å². The highest BCUT2D eigenvalue weighted by atomic mass is 16.2. The van der Waals surface area contributed by atoms with Gasteiger partial charge in [-0.3, -0.25) is 14.4 Å². The largest absolute Gasteiger partial charge is 0.376 e. The Kier molecular flexibility index (Phi) is 8.80. The number of rotatable bonds is 10.